The third kappa shape index (κ3) is 6.84. The zero-order valence-corrected chi connectivity index (χ0v) is 30.5. The second kappa shape index (κ2) is 15.5. The van der Waals surface area contributed by atoms with E-state index >= 15 is 0 Å². The number of aliphatic hydroxyl groups is 2. The molecule has 0 bridgehead atoms. The first kappa shape index (κ1) is 36.1. The molecule has 8 aromatic rings. The number of hydrogen-bond acceptors (Lipinski definition) is 4. The van der Waals surface area contributed by atoms with E-state index in [1.807, 2.05) is 206 Å². The van der Waals surface area contributed by atoms with Gasteiger partial charge < -0.3 is 20.8 Å². The topological polar surface area (TPSA) is 98.7 Å². The van der Waals surface area contributed by atoms with Crippen LogP contribution < -0.4 is 10.6 Å². The highest BCUT2D eigenvalue weighted by atomic mass is 16.3. The van der Waals surface area contributed by atoms with Crippen molar-refractivity contribution in [2.24, 2.45) is 0 Å². The van der Waals surface area contributed by atoms with Crippen molar-refractivity contribution in [1.29, 1.82) is 0 Å². The lowest BCUT2D eigenvalue weighted by molar-refractivity contribution is -0.142. The van der Waals surface area contributed by atoms with Gasteiger partial charge in [-0.05, 0) is 67.1 Å². The van der Waals surface area contributed by atoms with E-state index in [2.05, 4.69) is 10.6 Å². The molecule has 0 radical (unpaired) electrons. The maximum atomic E-state index is 14.6. The summed E-state index contributed by atoms with van der Waals surface area (Å²) in [5.74, 6) is -1.97. The highest BCUT2D eigenvalue weighted by Gasteiger charge is 2.45. The van der Waals surface area contributed by atoms with Gasteiger partial charge >= 0.3 is 11.8 Å². The molecule has 2 atom stereocenters. The van der Waals surface area contributed by atoms with Crippen molar-refractivity contribution in [3.8, 4) is 0 Å². The number of benzene rings is 8. The summed E-state index contributed by atoms with van der Waals surface area (Å²) in [6.07, 6.45) is 0. The predicted molar refractivity (Wildman–Crippen MR) is 221 cm³/mol. The van der Waals surface area contributed by atoms with Crippen LogP contribution in [0.4, 0.5) is 0 Å². The Balaban J connectivity index is 1.25. The third-order valence-electron chi connectivity index (χ3n) is 10.7. The number of carbonyl (C=O) groups excluding carboxylic acids is 2. The SMILES string of the molecule is O=C(N[C@H](c1ccc2ccccc2c1)C(O)(c1ccccc1)c1ccccc1)C(=O)N[C@H](c1ccc2ccccc2c1)C(O)(c1ccccc1)c1ccccc1. The average molecular weight is 733 g/mol. The highest BCUT2D eigenvalue weighted by molar-refractivity contribution is 6.35. The van der Waals surface area contributed by atoms with Gasteiger partial charge in [0.1, 0.15) is 11.2 Å². The van der Waals surface area contributed by atoms with Crippen molar-refractivity contribution < 1.29 is 19.8 Å². The van der Waals surface area contributed by atoms with Gasteiger partial charge in [-0.2, -0.15) is 0 Å². The van der Waals surface area contributed by atoms with E-state index in [0.717, 1.165) is 21.5 Å². The summed E-state index contributed by atoms with van der Waals surface area (Å²) in [6.45, 7) is 0. The molecular formula is C50H40N2O4. The molecule has 0 saturated carbocycles. The first-order valence-electron chi connectivity index (χ1n) is 18.6. The van der Waals surface area contributed by atoms with Crippen molar-refractivity contribution in [3.05, 3.63) is 240 Å². The van der Waals surface area contributed by atoms with Crippen molar-refractivity contribution >= 4 is 33.4 Å². The zero-order chi connectivity index (χ0) is 38.5. The highest BCUT2D eigenvalue weighted by Crippen LogP contribution is 2.44. The van der Waals surface area contributed by atoms with E-state index in [1.54, 1.807) is 0 Å². The average Bonchev–Trinajstić information content (AvgIpc) is 3.27. The summed E-state index contributed by atoms with van der Waals surface area (Å²) in [5, 5.41) is 35.9. The molecule has 274 valence electrons. The van der Waals surface area contributed by atoms with Crippen molar-refractivity contribution in [2.45, 2.75) is 23.3 Å². The normalized spacial score (nSPS) is 12.8. The summed E-state index contributed by atoms with van der Waals surface area (Å²) >= 11 is 0. The Bertz CT molecular complexity index is 2350. The van der Waals surface area contributed by atoms with Crippen LogP contribution in [-0.2, 0) is 20.8 Å². The molecule has 6 nitrogen and oxygen atoms in total. The van der Waals surface area contributed by atoms with Crippen molar-refractivity contribution in [2.75, 3.05) is 0 Å². The van der Waals surface area contributed by atoms with Gasteiger partial charge in [0.15, 0.2) is 0 Å². The largest absolute Gasteiger partial charge is 0.378 e. The number of hydrogen-bond donors (Lipinski definition) is 4. The minimum atomic E-state index is -1.81. The predicted octanol–water partition coefficient (Wildman–Crippen LogP) is 8.88. The Labute approximate surface area is 325 Å². The summed E-state index contributed by atoms with van der Waals surface area (Å²) in [6, 6.07) is 61.5. The van der Waals surface area contributed by atoms with Crippen LogP contribution in [0.1, 0.15) is 45.5 Å². The molecule has 8 rings (SSSR count). The van der Waals surface area contributed by atoms with E-state index < -0.39 is 35.1 Å². The van der Waals surface area contributed by atoms with Crippen LogP contribution in [0.2, 0.25) is 0 Å². The summed E-state index contributed by atoms with van der Waals surface area (Å²) in [4.78, 5) is 29.1. The maximum Gasteiger partial charge on any atom is 0.309 e. The second-order valence-electron chi connectivity index (χ2n) is 14.0. The van der Waals surface area contributed by atoms with Gasteiger partial charge in [0.2, 0.25) is 0 Å². The van der Waals surface area contributed by atoms with Crippen LogP contribution in [0, 0.1) is 0 Å². The number of rotatable bonds is 10. The molecule has 56 heavy (non-hydrogen) atoms. The molecule has 0 heterocycles. The molecule has 0 fully saturated rings. The number of nitrogens with one attached hydrogen (secondary N) is 2. The summed E-state index contributed by atoms with van der Waals surface area (Å²) < 4.78 is 0. The monoisotopic (exact) mass is 732 g/mol. The first-order valence-corrected chi connectivity index (χ1v) is 18.6. The Morgan fingerprint density at radius 2 is 0.625 bits per heavy atom. The zero-order valence-electron chi connectivity index (χ0n) is 30.5. The Morgan fingerprint density at radius 3 is 0.929 bits per heavy atom. The fraction of sp³-hybridized carbons (Fsp3) is 0.0800. The van der Waals surface area contributed by atoms with Gasteiger partial charge in [0, 0.05) is 0 Å². The minimum absolute atomic E-state index is 0.529. The molecule has 0 unspecified atom stereocenters. The fourth-order valence-corrected chi connectivity index (χ4v) is 7.79. The smallest absolute Gasteiger partial charge is 0.309 e. The summed E-state index contributed by atoms with van der Waals surface area (Å²) in [5.41, 5.74) is -0.319. The van der Waals surface area contributed by atoms with Crippen LogP contribution in [0.3, 0.4) is 0 Å². The molecular weight excluding hydrogens is 693 g/mol. The second-order valence-corrected chi connectivity index (χ2v) is 14.0. The van der Waals surface area contributed by atoms with E-state index in [0.29, 0.717) is 33.4 Å². The van der Waals surface area contributed by atoms with E-state index in [4.69, 9.17) is 0 Å². The lowest BCUT2D eigenvalue weighted by Crippen LogP contribution is -2.52. The molecule has 0 aromatic heterocycles. The van der Waals surface area contributed by atoms with Crippen LogP contribution in [0.5, 0.6) is 0 Å². The van der Waals surface area contributed by atoms with E-state index in [1.165, 1.54) is 0 Å². The Hall–Kier alpha value is -6.86. The molecule has 2 amide bonds. The van der Waals surface area contributed by atoms with Crippen LogP contribution in [-0.4, -0.2) is 22.0 Å². The molecule has 6 heteroatoms. The van der Waals surface area contributed by atoms with Crippen molar-refractivity contribution in [3.63, 3.8) is 0 Å². The van der Waals surface area contributed by atoms with Gasteiger partial charge in [0.05, 0.1) is 12.1 Å². The van der Waals surface area contributed by atoms with E-state index in [9.17, 15) is 19.8 Å². The Morgan fingerprint density at radius 1 is 0.357 bits per heavy atom. The maximum absolute atomic E-state index is 14.6. The molecule has 0 spiro atoms. The molecule has 8 aromatic carbocycles. The minimum Gasteiger partial charge on any atom is -0.378 e. The van der Waals surface area contributed by atoms with Gasteiger partial charge in [-0.3, -0.25) is 9.59 Å². The van der Waals surface area contributed by atoms with Crippen LogP contribution in [0.25, 0.3) is 21.5 Å². The van der Waals surface area contributed by atoms with Gasteiger partial charge in [-0.1, -0.05) is 194 Å². The quantitative estimate of drug-likeness (QED) is 0.106. The molecule has 0 aliphatic rings. The third-order valence-corrected chi connectivity index (χ3v) is 10.7. The van der Waals surface area contributed by atoms with Crippen LogP contribution >= 0.6 is 0 Å². The van der Waals surface area contributed by atoms with Gasteiger partial charge in [-0.15, -0.1) is 0 Å². The van der Waals surface area contributed by atoms with Gasteiger partial charge in [-0.25, -0.2) is 0 Å². The van der Waals surface area contributed by atoms with Crippen molar-refractivity contribution in [1.82, 2.24) is 10.6 Å². The lowest BCUT2D eigenvalue weighted by atomic mass is 9.76. The lowest BCUT2D eigenvalue weighted by Gasteiger charge is -2.39. The molecule has 0 saturated heterocycles. The standard InChI is InChI=1S/C50H40N2O4/c53-47(51-45(39-31-29-35-17-13-15-19-37(35)33-39)49(55,41-21-5-1-6-22-41)42-23-7-2-8-24-42)48(54)52-46(40-32-30-36-18-14-16-20-38(36)34-40)50(56,43-25-9-3-10-26-43)44-27-11-4-12-28-44/h1-34,45-46,55-56H,(H,51,53)(H,52,54)/t45-,46-/m1/s1. The number of carbonyl (C=O) groups is 2. The van der Waals surface area contributed by atoms with Crippen LogP contribution in [0.15, 0.2) is 206 Å². The number of amides is 2. The Kier molecular flexibility index (Phi) is 9.99. The first-order chi connectivity index (χ1) is 27.4. The summed E-state index contributed by atoms with van der Waals surface area (Å²) in [7, 11) is 0. The fourth-order valence-electron chi connectivity index (χ4n) is 7.79. The molecule has 0 aliphatic heterocycles. The number of fused-ring (bicyclic) bond motifs is 2. The van der Waals surface area contributed by atoms with Gasteiger partial charge in [0.25, 0.3) is 0 Å². The molecule has 4 N–H and O–H groups in total. The van der Waals surface area contributed by atoms with E-state index in [-0.39, 0.29) is 0 Å². The molecule has 0 aliphatic carbocycles.